The van der Waals surface area contributed by atoms with Gasteiger partial charge in [0.2, 0.25) is 0 Å². The van der Waals surface area contributed by atoms with E-state index in [2.05, 4.69) is 5.32 Å². The number of methoxy groups -OCH3 is 1. The number of ether oxygens (including phenoxy) is 2. The van der Waals surface area contributed by atoms with Crippen LogP contribution in [0.1, 0.15) is 49.7 Å². The molecule has 0 amide bonds. The first-order valence-electron chi connectivity index (χ1n) is 12.2. The summed E-state index contributed by atoms with van der Waals surface area (Å²) in [6.07, 6.45) is 0.778. The van der Waals surface area contributed by atoms with Crippen LogP contribution in [0.5, 0.6) is 5.75 Å². The molecule has 0 fully saturated rings. The van der Waals surface area contributed by atoms with Crippen molar-refractivity contribution in [3.63, 3.8) is 0 Å². The van der Waals surface area contributed by atoms with Crippen molar-refractivity contribution in [2.75, 3.05) is 25.2 Å². The number of nitro groups is 1. The second-order valence-electron chi connectivity index (χ2n) is 8.94. The molecule has 0 spiro atoms. The molecule has 2 aliphatic rings. The van der Waals surface area contributed by atoms with Gasteiger partial charge in [0.15, 0.2) is 5.78 Å². The van der Waals surface area contributed by atoms with Gasteiger partial charge in [-0.25, -0.2) is 4.79 Å². The van der Waals surface area contributed by atoms with E-state index in [1.54, 1.807) is 37.9 Å². The van der Waals surface area contributed by atoms with Crippen molar-refractivity contribution in [1.29, 1.82) is 0 Å². The highest BCUT2D eigenvalue weighted by Crippen LogP contribution is 2.47. The molecule has 37 heavy (non-hydrogen) atoms. The summed E-state index contributed by atoms with van der Waals surface area (Å²) in [5.41, 5.74) is 3.44. The van der Waals surface area contributed by atoms with Gasteiger partial charge < -0.3 is 14.8 Å². The average Bonchev–Trinajstić information content (AvgIpc) is 2.90. The van der Waals surface area contributed by atoms with Gasteiger partial charge in [-0.2, -0.15) is 11.8 Å². The van der Waals surface area contributed by atoms with Crippen molar-refractivity contribution < 1.29 is 24.0 Å². The highest BCUT2D eigenvalue weighted by Gasteiger charge is 2.42. The first-order valence-corrected chi connectivity index (χ1v) is 13.4. The third-order valence-electron chi connectivity index (χ3n) is 6.71. The summed E-state index contributed by atoms with van der Waals surface area (Å²) in [6.45, 7) is 4.05. The number of non-ortho nitro benzene ring substituents is 1. The lowest BCUT2D eigenvalue weighted by atomic mass is 9.71. The molecule has 4 rings (SSSR count). The average molecular weight is 523 g/mol. The third kappa shape index (κ3) is 5.56. The van der Waals surface area contributed by atoms with Crippen LogP contribution >= 0.6 is 11.8 Å². The van der Waals surface area contributed by atoms with Crippen molar-refractivity contribution in [3.05, 3.63) is 92.3 Å². The number of hydrogen-bond acceptors (Lipinski definition) is 8. The fourth-order valence-electron chi connectivity index (χ4n) is 5.10. The number of nitrogens with one attached hydrogen (secondary N) is 1. The lowest BCUT2D eigenvalue weighted by molar-refractivity contribution is -0.384. The quantitative estimate of drug-likeness (QED) is 0.206. The highest BCUT2D eigenvalue weighted by atomic mass is 32.2. The number of nitro benzene ring substituents is 1. The number of esters is 1. The molecule has 1 aliphatic carbocycles. The minimum absolute atomic E-state index is 0.0990. The summed E-state index contributed by atoms with van der Waals surface area (Å²) >= 11 is 1.66. The Bertz CT molecular complexity index is 1280. The Morgan fingerprint density at radius 2 is 1.97 bits per heavy atom. The molecule has 2 unspecified atom stereocenters. The van der Waals surface area contributed by atoms with E-state index in [0.717, 1.165) is 22.8 Å². The number of rotatable bonds is 9. The minimum atomic E-state index is -0.756. The normalized spacial score (nSPS) is 19.3. The van der Waals surface area contributed by atoms with Gasteiger partial charge in [-0.3, -0.25) is 14.9 Å². The van der Waals surface area contributed by atoms with Crippen molar-refractivity contribution in [1.82, 2.24) is 5.32 Å². The summed E-state index contributed by atoms with van der Waals surface area (Å²) in [5.74, 6) is 0.801. The molecular weight excluding hydrogens is 492 g/mol. The fraction of sp³-hybridized carbons (Fsp3) is 0.357. The zero-order valence-corrected chi connectivity index (χ0v) is 21.9. The van der Waals surface area contributed by atoms with Crippen LogP contribution in [0.4, 0.5) is 5.69 Å². The van der Waals surface area contributed by atoms with E-state index in [0.29, 0.717) is 34.6 Å². The van der Waals surface area contributed by atoms with Gasteiger partial charge in [0.25, 0.3) is 5.69 Å². The van der Waals surface area contributed by atoms with Gasteiger partial charge in [0, 0.05) is 53.1 Å². The number of hydrogen-bond donors (Lipinski definition) is 1. The molecule has 194 valence electrons. The van der Waals surface area contributed by atoms with Crippen molar-refractivity contribution >= 4 is 29.2 Å². The van der Waals surface area contributed by atoms with Gasteiger partial charge in [0.1, 0.15) is 12.4 Å². The Hall–Kier alpha value is -3.59. The number of carbonyl (C=O) groups is 2. The summed E-state index contributed by atoms with van der Waals surface area (Å²) in [7, 11) is 1.61. The number of nitrogens with zero attached hydrogens (tertiary/aromatic N) is 1. The van der Waals surface area contributed by atoms with Gasteiger partial charge >= 0.3 is 5.97 Å². The molecular formula is C28H30N2O6S. The largest absolute Gasteiger partial charge is 0.496 e. The Morgan fingerprint density at radius 3 is 2.70 bits per heavy atom. The first-order chi connectivity index (χ1) is 17.8. The maximum atomic E-state index is 13.7. The van der Waals surface area contributed by atoms with Crippen LogP contribution < -0.4 is 10.1 Å². The highest BCUT2D eigenvalue weighted by molar-refractivity contribution is 7.99. The second-order valence-corrected chi connectivity index (χ2v) is 10.3. The molecule has 0 bridgehead atoms. The molecule has 1 aliphatic heterocycles. The van der Waals surface area contributed by atoms with Crippen LogP contribution in [-0.2, 0) is 14.3 Å². The Morgan fingerprint density at radius 1 is 1.19 bits per heavy atom. The molecule has 0 saturated carbocycles. The predicted octanol–water partition coefficient (Wildman–Crippen LogP) is 5.26. The summed E-state index contributed by atoms with van der Waals surface area (Å²) < 4.78 is 11.1. The maximum absolute atomic E-state index is 13.7. The van der Waals surface area contributed by atoms with E-state index in [1.807, 2.05) is 31.2 Å². The molecule has 2 atom stereocenters. The number of ketones is 1. The number of para-hydroxylation sites is 1. The third-order valence-corrected chi connectivity index (χ3v) is 7.57. The fourth-order valence-corrected chi connectivity index (χ4v) is 5.59. The standard InChI is InChI=1S/C28H30N2O6S/c1-4-37-13-12-36-28(32)25-17(2)29-22-15-19(21-10-5-6-11-24(21)35-3)16-23(31)27(22)26(25)18-8-7-9-20(14-18)30(33)34/h5-11,14,19,26,29H,4,12-13,15-16H2,1-3H3. The molecule has 9 heteroatoms. The van der Waals surface area contributed by atoms with E-state index in [9.17, 15) is 19.7 Å². The zero-order chi connectivity index (χ0) is 26.5. The van der Waals surface area contributed by atoms with E-state index in [1.165, 1.54) is 12.1 Å². The van der Waals surface area contributed by atoms with Gasteiger partial charge in [-0.05, 0) is 36.3 Å². The van der Waals surface area contributed by atoms with E-state index < -0.39 is 16.8 Å². The monoisotopic (exact) mass is 522 g/mol. The predicted molar refractivity (Wildman–Crippen MR) is 143 cm³/mol. The molecule has 1 N–H and O–H groups in total. The summed E-state index contributed by atoms with van der Waals surface area (Å²) in [4.78, 5) is 38.1. The van der Waals surface area contributed by atoms with Crippen LogP contribution in [0.2, 0.25) is 0 Å². The molecule has 1 heterocycles. The molecule has 2 aromatic carbocycles. The Kier molecular flexibility index (Phi) is 8.33. The van der Waals surface area contributed by atoms with E-state index >= 15 is 0 Å². The smallest absolute Gasteiger partial charge is 0.336 e. The summed E-state index contributed by atoms with van der Waals surface area (Å²) in [5, 5.41) is 14.8. The lowest BCUT2D eigenvalue weighted by Gasteiger charge is -2.36. The molecule has 0 radical (unpaired) electrons. The Labute approximate surface area is 220 Å². The number of Topliss-reactive ketones (excluding diaryl/α,β-unsaturated/α-hetero) is 1. The van der Waals surface area contributed by atoms with E-state index in [-0.39, 0.29) is 30.4 Å². The second kappa shape index (κ2) is 11.6. The SMILES string of the molecule is CCSCCOC(=O)C1=C(C)NC2=C(C(=O)CC(c3ccccc3OC)C2)C1c1cccc([N+](=O)[O-])c1. The summed E-state index contributed by atoms with van der Waals surface area (Å²) in [6, 6.07) is 13.8. The number of allylic oxidation sites excluding steroid dienone is 3. The number of benzene rings is 2. The van der Waals surface area contributed by atoms with Crippen LogP contribution in [-0.4, -0.2) is 41.9 Å². The molecule has 0 aromatic heterocycles. The maximum Gasteiger partial charge on any atom is 0.336 e. The number of thioether (sulfide) groups is 1. The lowest BCUT2D eigenvalue weighted by Crippen LogP contribution is -2.36. The van der Waals surface area contributed by atoms with Gasteiger partial charge in [-0.1, -0.05) is 37.3 Å². The van der Waals surface area contributed by atoms with Crippen LogP contribution in [0.25, 0.3) is 0 Å². The van der Waals surface area contributed by atoms with Crippen LogP contribution in [0, 0.1) is 10.1 Å². The van der Waals surface area contributed by atoms with E-state index in [4.69, 9.17) is 9.47 Å². The Balaban J connectivity index is 1.76. The van der Waals surface area contributed by atoms with Crippen molar-refractivity contribution in [2.45, 2.75) is 38.5 Å². The number of carbonyl (C=O) groups excluding carboxylic acids is 2. The van der Waals surface area contributed by atoms with Crippen LogP contribution in [0.3, 0.4) is 0 Å². The molecule has 2 aromatic rings. The van der Waals surface area contributed by atoms with Gasteiger partial charge in [0.05, 0.1) is 17.6 Å². The number of dihydropyridines is 1. The van der Waals surface area contributed by atoms with Crippen molar-refractivity contribution in [3.8, 4) is 5.75 Å². The van der Waals surface area contributed by atoms with Crippen molar-refractivity contribution in [2.24, 2.45) is 0 Å². The minimum Gasteiger partial charge on any atom is -0.496 e. The molecule has 0 saturated heterocycles. The van der Waals surface area contributed by atoms with Crippen LogP contribution in [0.15, 0.2) is 71.1 Å². The van der Waals surface area contributed by atoms with Gasteiger partial charge in [-0.15, -0.1) is 0 Å². The zero-order valence-electron chi connectivity index (χ0n) is 21.1. The topological polar surface area (TPSA) is 108 Å². The first kappa shape index (κ1) is 26.5. The molecule has 8 nitrogen and oxygen atoms in total.